The number of unbranched alkanes of at least 4 members (excludes halogenated alkanes) is 3. The van der Waals surface area contributed by atoms with E-state index in [-0.39, 0.29) is 0 Å². The van der Waals surface area contributed by atoms with Crippen molar-refractivity contribution in [3.05, 3.63) is 58.3 Å². The Kier molecular flexibility index (Phi) is 10.6. The van der Waals surface area contributed by atoms with Crippen molar-refractivity contribution in [3.63, 3.8) is 0 Å². The molecule has 0 aliphatic heterocycles. The standard InChI is InChI=1S/C20H20BrNO3.C6H14/c1-3-22(4-2)17-6-5-16(12-23)19(11-17)25-13-14-9-15-7-8-24-20(15)18(21)10-14;1-3-5-6-4-2/h5-12H,3-4,13H2,1-2H3;3-6H2,1-2H3. The maximum absolute atomic E-state index is 11.3. The lowest BCUT2D eigenvalue weighted by molar-refractivity contribution is 0.111. The Bertz CT molecular complexity index is 943. The SMILES string of the molecule is CCCCCC.CCN(CC)c1ccc(C=O)c(OCc2cc(Br)c3occc3c2)c1. The highest BCUT2D eigenvalue weighted by Crippen LogP contribution is 2.29. The van der Waals surface area contributed by atoms with Crippen LogP contribution in [0.15, 0.2) is 51.6 Å². The molecular formula is C26H34BrNO3. The first-order valence-electron chi connectivity index (χ1n) is 11.2. The minimum atomic E-state index is 0.377. The molecule has 3 aromatic rings. The zero-order valence-corrected chi connectivity index (χ0v) is 20.7. The van der Waals surface area contributed by atoms with Gasteiger partial charge in [0.15, 0.2) is 6.29 Å². The third kappa shape index (κ3) is 7.13. The third-order valence-electron chi connectivity index (χ3n) is 5.17. The van der Waals surface area contributed by atoms with Gasteiger partial charge in [-0.3, -0.25) is 4.79 Å². The highest BCUT2D eigenvalue weighted by atomic mass is 79.9. The average Bonchev–Trinajstić information content (AvgIpc) is 3.27. The molecule has 4 nitrogen and oxygen atoms in total. The second-order valence-electron chi connectivity index (χ2n) is 7.42. The summed E-state index contributed by atoms with van der Waals surface area (Å²) in [5.41, 5.74) is 3.43. The minimum Gasteiger partial charge on any atom is -0.488 e. The van der Waals surface area contributed by atoms with Crippen molar-refractivity contribution in [2.45, 2.75) is 60.0 Å². The second-order valence-corrected chi connectivity index (χ2v) is 8.28. The number of hydrogen-bond acceptors (Lipinski definition) is 4. The van der Waals surface area contributed by atoms with E-state index >= 15 is 0 Å². The van der Waals surface area contributed by atoms with E-state index < -0.39 is 0 Å². The Morgan fingerprint density at radius 2 is 1.71 bits per heavy atom. The van der Waals surface area contributed by atoms with Crippen molar-refractivity contribution < 1.29 is 13.9 Å². The first-order valence-corrected chi connectivity index (χ1v) is 12.0. The van der Waals surface area contributed by atoms with Gasteiger partial charge in [-0.25, -0.2) is 0 Å². The van der Waals surface area contributed by atoms with Gasteiger partial charge in [0.25, 0.3) is 0 Å². The van der Waals surface area contributed by atoms with Gasteiger partial charge in [0.2, 0.25) is 0 Å². The van der Waals surface area contributed by atoms with Gasteiger partial charge in [0.1, 0.15) is 17.9 Å². The second kappa shape index (κ2) is 13.2. The topological polar surface area (TPSA) is 42.7 Å². The van der Waals surface area contributed by atoms with E-state index in [4.69, 9.17) is 9.15 Å². The number of nitrogens with zero attached hydrogens (tertiary/aromatic N) is 1. The fourth-order valence-corrected chi connectivity index (χ4v) is 3.99. The van der Waals surface area contributed by atoms with Crippen LogP contribution in [0.5, 0.6) is 5.75 Å². The fraction of sp³-hybridized carbons (Fsp3) is 0.423. The smallest absolute Gasteiger partial charge is 0.153 e. The Hall–Kier alpha value is -2.27. The molecule has 0 aliphatic rings. The normalized spacial score (nSPS) is 10.5. The monoisotopic (exact) mass is 487 g/mol. The summed E-state index contributed by atoms with van der Waals surface area (Å²) < 4.78 is 12.3. The van der Waals surface area contributed by atoms with Crippen LogP contribution >= 0.6 is 15.9 Å². The van der Waals surface area contributed by atoms with Crippen LogP contribution in [0.25, 0.3) is 11.0 Å². The number of hydrogen-bond donors (Lipinski definition) is 0. The predicted octanol–water partition coefficient (Wildman–Crippen LogP) is 8.02. The van der Waals surface area contributed by atoms with Gasteiger partial charge in [-0.1, -0.05) is 39.5 Å². The summed E-state index contributed by atoms with van der Waals surface area (Å²) in [4.78, 5) is 13.6. The van der Waals surface area contributed by atoms with Crippen molar-refractivity contribution in [2.24, 2.45) is 0 Å². The predicted molar refractivity (Wildman–Crippen MR) is 133 cm³/mol. The molecule has 1 aromatic heterocycles. The van der Waals surface area contributed by atoms with Crippen molar-refractivity contribution in [3.8, 4) is 5.75 Å². The molecule has 0 saturated heterocycles. The molecule has 168 valence electrons. The van der Waals surface area contributed by atoms with E-state index in [9.17, 15) is 4.79 Å². The zero-order chi connectivity index (χ0) is 22.6. The molecule has 2 aromatic carbocycles. The molecule has 5 heteroatoms. The number of carbonyl (C=O) groups excluding carboxylic acids is 1. The number of fused-ring (bicyclic) bond motifs is 1. The van der Waals surface area contributed by atoms with Gasteiger partial charge >= 0.3 is 0 Å². The lowest BCUT2D eigenvalue weighted by Gasteiger charge is -2.22. The van der Waals surface area contributed by atoms with Gasteiger partial charge in [-0.15, -0.1) is 0 Å². The van der Waals surface area contributed by atoms with Crippen LogP contribution in [0, 0.1) is 0 Å². The summed E-state index contributed by atoms with van der Waals surface area (Å²) >= 11 is 3.52. The van der Waals surface area contributed by atoms with Crippen molar-refractivity contribution in [2.75, 3.05) is 18.0 Å². The van der Waals surface area contributed by atoms with Crippen LogP contribution < -0.4 is 9.64 Å². The molecule has 0 unspecified atom stereocenters. The molecular weight excluding hydrogens is 454 g/mol. The molecule has 31 heavy (non-hydrogen) atoms. The number of halogens is 1. The van der Waals surface area contributed by atoms with Gasteiger partial charge in [-0.2, -0.15) is 0 Å². The van der Waals surface area contributed by atoms with E-state index in [2.05, 4.69) is 48.5 Å². The van der Waals surface area contributed by atoms with E-state index in [0.717, 1.165) is 46.1 Å². The molecule has 0 fully saturated rings. The Morgan fingerprint density at radius 1 is 1.00 bits per heavy atom. The third-order valence-corrected chi connectivity index (χ3v) is 5.76. The largest absolute Gasteiger partial charge is 0.488 e. The Labute approximate surface area is 194 Å². The molecule has 0 radical (unpaired) electrons. The summed E-state index contributed by atoms with van der Waals surface area (Å²) in [6.07, 6.45) is 8.03. The highest BCUT2D eigenvalue weighted by molar-refractivity contribution is 9.10. The Balaban J connectivity index is 0.000000501. The van der Waals surface area contributed by atoms with E-state index in [1.807, 2.05) is 36.4 Å². The van der Waals surface area contributed by atoms with Crippen molar-refractivity contribution in [1.82, 2.24) is 0 Å². The van der Waals surface area contributed by atoms with Gasteiger partial charge < -0.3 is 14.1 Å². The van der Waals surface area contributed by atoms with Crippen LogP contribution in [0.3, 0.4) is 0 Å². The van der Waals surface area contributed by atoms with Crippen molar-refractivity contribution in [1.29, 1.82) is 0 Å². The number of ether oxygens (including phenoxy) is 1. The highest BCUT2D eigenvalue weighted by Gasteiger charge is 2.10. The number of rotatable bonds is 10. The van der Waals surface area contributed by atoms with Crippen LogP contribution in [-0.2, 0) is 6.61 Å². The first kappa shape index (κ1) is 25.0. The van der Waals surface area contributed by atoms with Crippen molar-refractivity contribution >= 4 is 38.9 Å². The quantitative estimate of drug-likeness (QED) is 0.214. The van der Waals surface area contributed by atoms with Crippen LogP contribution in [0.4, 0.5) is 5.69 Å². The molecule has 0 aliphatic carbocycles. The summed E-state index contributed by atoms with van der Waals surface area (Å²) in [6.45, 7) is 10.9. The molecule has 0 saturated carbocycles. The zero-order valence-electron chi connectivity index (χ0n) is 19.1. The fourth-order valence-electron chi connectivity index (χ4n) is 3.37. The molecule has 0 amide bonds. The Morgan fingerprint density at radius 3 is 2.32 bits per heavy atom. The number of anilines is 1. The maximum atomic E-state index is 11.3. The lowest BCUT2D eigenvalue weighted by Crippen LogP contribution is -2.21. The maximum Gasteiger partial charge on any atom is 0.153 e. The summed E-state index contributed by atoms with van der Waals surface area (Å²) in [5.74, 6) is 0.600. The molecule has 0 spiro atoms. The summed E-state index contributed by atoms with van der Waals surface area (Å²) in [5, 5.41) is 1.01. The van der Waals surface area contributed by atoms with Crippen LogP contribution in [-0.4, -0.2) is 19.4 Å². The molecule has 1 heterocycles. The number of benzene rings is 2. The summed E-state index contributed by atoms with van der Waals surface area (Å²) in [6, 6.07) is 11.6. The number of aldehydes is 1. The molecule has 0 atom stereocenters. The van der Waals surface area contributed by atoms with Crippen LogP contribution in [0.2, 0.25) is 0 Å². The van der Waals surface area contributed by atoms with E-state index in [1.165, 1.54) is 25.7 Å². The number of furan rings is 1. The van der Waals surface area contributed by atoms with Gasteiger partial charge in [0.05, 0.1) is 16.3 Å². The molecule has 0 N–H and O–H groups in total. The van der Waals surface area contributed by atoms with Crippen LogP contribution in [0.1, 0.15) is 69.3 Å². The first-order chi connectivity index (χ1) is 15.1. The summed E-state index contributed by atoms with van der Waals surface area (Å²) in [7, 11) is 0. The van der Waals surface area contributed by atoms with E-state index in [1.54, 1.807) is 6.26 Å². The average molecular weight is 488 g/mol. The molecule has 3 rings (SSSR count). The minimum absolute atomic E-state index is 0.377. The van der Waals surface area contributed by atoms with Gasteiger partial charge in [0, 0.05) is 30.2 Å². The van der Waals surface area contributed by atoms with E-state index in [0.29, 0.717) is 17.9 Å². The van der Waals surface area contributed by atoms with Gasteiger partial charge in [-0.05, 0) is 65.7 Å². The number of carbonyl (C=O) groups is 1. The molecule has 0 bridgehead atoms. The lowest BCUT2D eigenvalue weighted by atomic mass is 10.1.